The van der Waals surface area contributed by atoms with E-state index in [0.29, 0.717) is 29.6 Å². The van der Waals surface area contributed by atoms with Gasteiger partial charge in [-0.05, 0) is 79.2 Å². The number of amides is 1. The van der Waals surface area contributed by atoms with Gasteiger partial charge < -0.3 is 9.47 Å². The summed E-state index contributed by atoms with van der Waals surface area (Å²) in [6.07, 6.45) is 1.73. The van der Waals surface area contributed by atoms with Crippen LogP contribution in [0.25, 0.3) is 6.08 Å². The Hall–Kier alpha value is -3.93. The van der Waals surface area contributed by atoms with E-state index in [1.54, 1.807) is 37.5 Å². The van der Waals surface area contributed by atoms with Gasteiger partial charge >= 0.3 is 0 Å². The lowest BCUT2D eigenvalue weighted by molar-refractivity contribution is -0.113. The Morgan fingerprint density at radius 1 is 0.935 bits per heavy atom. The molecular formula is C25H21FN2O3. The number of ether oxygens (including phenoxy) is 2. The molecule has 1 aliphatic heterocycles. The van der Waals surface area contributed by atoms with Crippen LogP contribution < -0.4 is 14.4 Å². The average molecular weight is 416 g/mol. The smallest absolute Gasteiger partial charge is 0.282 e. The van der Waals surface area contributed by atoms with Crippen LogP contribution in [-0.4, -0.2) is 25.5 Å². The third kappa shape index (κ3) is 4.33. The van der Waals surface area contributed by atoms with Crippen LogP contribution in [0.2, 0.25) is 0 Å². The Balaban J connectivity index is 1.74. The van der Waals surface area contributed by atoms with Crippen LogP contribution >= 0.6 is 0 Å². The number of carbonyl (C=O) groups is 1. The lowest BCUT2D eigenvalue weighted by Gasteiger charge is -2.18. The molecule has 0 atom stereocenters. The maximum absolute atomic E-state index is 13.5. The van der Waals surface area contributed by atoms with E-state index >= 15 is 0 Å². The second kappa shape index (κ2) is 8.83. The molecule has 0 unspecified atom stereocenters. The zero-order valence-electron chi connectivity index (χ0n) is 17.2. The highest BCUT2D eigenvalue weighted by Crippen LogP contribution is 2.29. The SMILES string of the molecule is CCOc1ccc(/C=C2/N=C(c3ccc(OC)cc3)N(c3ccc(F)cc3)C2=O)cc1. The van der Waals surface area contributed by atoms with Crippen LogP contribution in [0.1, 0.15) is 18.1 Å². The van der Waals surface area contributed by atoms with Gasteiger partial charge in [0.05, 0.1) is 19.4 Å². The van der Waals surface area contributed by atoms with Gasteiger partial charge in [-0.1, -0.05) is 12.1 Å². The molecule has 5 nitrogen and oxygen atoms in total. The summed E-state index contributed by atoms with van der Waals surface area (Å²) in [7, 11) is 1.59. The van der Waals surface area contributed by atoms with Crippen molar-refractivity contribution in [2.24, 2.45) is 4.99 Å². The summed E-state index contributed by atoms with van der Waals surface area (Å²) in [5.74, 6) is 1.27. The van der Waals surface area contributed by atoms with Crippen LogP contribution in [0.15, 0.2) is 83.5 Å². The number of aliphatic imine (C=N–C) groups is 1. The van der Waals surface area contributed by atoms with E-state index in [0.717, 1.165) is 16.9 Å². The number of benzene rings is 3. The summed E-state index contributed by atoms with van der Waals surface area (Å²) in [6, 6.07) is 20.5. The number of nitrogens with zero attached hydrogens (tertiary/aromatic N) is 2. The van der Waals surface area contributed by atoms with Crippen molar-refractivity contribution in [2.75, 3.05) is 18.6 Å². The van der Waals surface area contributed by atoms with Crippen molar-refractivity contribution < 1.29 is 18.7 Å². The van der Waals surface area contributed by atoms with E-state index < -0.39 is 0 Å². The van der Waals surface area contributed by atoms with E-state index in [2.05, 4.69) is 4.99 Å². The largest absolute Gasteiger partial charge is 0.497 e. The van der Waals surface area contributed by atoms with Crippen LogP contribution in [0, 0.1) is 5.82 Å². The zero-order chi connectivity index (χ0) is 21.8. The molecule has 3 aromatic carbocycles. The number of hydrogen-bond donors (Lipinski definition) is 0. The van der Waals surface area contributed by atoms with Gasteiger partial charge in [-0.25, -0.2) is 9.38 Å². The molecule has 0 aromatic heterocycles. The fourth-order valence-electron chi connectivity index (χ4n) is 3.26. The van der Waals surface area contributed by atoms with Gasteiger partial charge in [0, 0.05) is 5.56 Å². The molecule has 3 aromatic rings. The monoisotopic (exact) mass is 416 g/mol. The molecule has 4 rings (SSSR count). The molecule has 0 fully saturated rings. The standard InChI is InChI=1S/C25H21FN2O3/c1-3-31-22-12-4-17(5-13-22)16-23-25(29)28(20-10-8-19(26)9-11-20)24(27-23)18-6-14-21(30-2)15-7-18/h4-16H,3H2,1-2H3/b23-16+. The van der Waals surface area contributed by atoms with Crippen molar-refractivity contribution in [2.45, 2.75) is 6.92 Å². The van der Waals surface area contributed by atoms with Crippen molar-refractivity contribution in [3.05, 3.63) is 95.4 Å². The molecule has 1 amide bonds. The fraction of sp³-hybridized carbons (Fsp3) is 0.120. The van der Waals surface area contributed by atoms with Crippen molar-refractivity contribution in [1.82, 2.24) is 0 Å². The summed E-state index contributed by atoms with van der Waals surface area (Å²) >= 11 is 0. The summed E-state index contributed by atoms with van der Waals surface area (Å²) in [5.41, 5.74) is 2.40. The minimum Gasteiger partial charge on any atom is -0.497 e. The number of amidine groups is 1. The van der Waals surface area contributed by atoms with E-state index in [1.165, 1.54) is 17.0 Å². The lowest BCUT2D eigenvalue weighted by Crippen LogP contribution is -2.32. The number of hydrogen-bond acceptors (Lipinski definition) is 4. The van der Waals surface area contributed by atoms with Crippen LogP contribution in [0.3, 0.4) is 0 Å². The maximum Gasteiger partial charge on any atom is 0.282 e. The van der Waals surface area contributed by atoms with Gasteiger partial charge in [0.25, 0.3) is 5.91 Å². The first-order chi connectivity index (χ1) is 15.1. The second-order valence-corrected chi connectivity index (χ2v) is 6.81. The normalized spacial score (nSPS) is 14.7. The van der Waals surface area contributed by atoms with Gasteiger partial charge in [0.15, 0.2) is 0 Å². The Kier molecular flexibility index (Phi) is 5.80. The molecule has 0 radical (unpaired) electrons. The summed E-state index contributed by atoms with van der Waals surface area (Å²) in [6.45, 7) is 2.51. The minimum absolute atomic E-state index is 0.286. The van der Waals surface area contributed by atoms with E-state index in [-0.39, 0.29) is 11.7 Å². The number of halogens is 1. The number of methoxy groups -OCH3 is 1. The van der Waals surface area contributed by atoms with Gasteiger partial charge in [-0.2, -0.15) is 0 Å². The Labute approximate surface area is 180 Å². The van der Waals surface area contributed by atoms with Gasteiger partial charge in [0.2, 0.25) is 0 Å². The molecule has 0 bridgehead atoms. The van der Waals surface area contributed by atoms with E-state index in [9.17, 15) is 9.18 Å². The van der Waals surface area contributed by atoms with Crippen molar-refractivity contribution in [3.63, 3.8) is 0 Å². The first-order valence-electron chi connectivity index (χ1n) is 9.86. The Bertz CT molecular complexity index is 1130. The highest BCUT2D eigenvalue weighted by atomic mass is 19.1. The summed E-state index contributed by atoms with van der Waals surface area (Å²) in [5, 5.41) is 0. The Morgan fingerprint density at radius 3 is 2.19 bits per heavy atom. The molecule has 1 heterocycles. The predicted octanol–water partition coefficient (Wildman–Crippen LogP) is 5.07. The number of carbonyl (C=O) groups excluding carboxylic acids is 1. The van der Waals surface area contributed by atoms with E-state index in [1.807, 2.05) is 43.3 Å². The third-order valence-corrected chi connectivity index (χ3v) is 4.79. The van der Waals surface area contributed by atoms with Crippen molar-refractivity contribution >= 4 is 23.5 Å². The average Bonchev–Trinajstić information content (AvgIpc) is 3.12. The van der Waals surface area contributed by atoms with Gasteiger partial charge in [-0.3, -0.25) is 9.69 Å². The zero-order valence-corrected chi connectivity index (χ0v) is 17.2. The van der Waals surface area contributed by atoms with Gasteiger partial charge in [-0.15, -0.1) is 0 Å². The quantitative estimate of drug-likeness (QED) is 0.528. The fourth-order valence-corrected chi connectivity index (χ4v) is 3.26. The van der Waals surface area contributed by atoms with Crippen LogP contribution in [-0.2, 0) is 4.79 Å². The van der Waals surface area contributed by atoms with Crippen LogP contribution in [0.4, 0.5) is 10.1 Å². The first-order valence-corrected chi connectivity index (χ1v) is 9.86. The number of rotatable bonds is 6. The molecule has 0 N–H and O–H groups in total. The highest BCUT2D eigenvalue weighted by Gasteiger charge is 2.32. The van der Waals surface area contributed by atoms with Crippen molar-refractivity contribution in [3.8, 4) is 11.5 Å². The van der Waals surface area contributed by atoms with Gasteiger partial charge in [0.1, 0.15) is 28.8 Å². The minimum atomic E-state index is -0.372. The lowest BCUT2D eigenvalue weighted by atomic mass is 10.1. The first kappa shape index (κ1) is 20.3. The topological polar surface area (TPSA) is 51.1 Å². The maximum atomic E-state index is 13.5. The van der Waals surface area contributed by atoms with Crippen molar-refractivity contribution in [1.29, 1.82) is 0 Å². The molecule has 0 saturated heterocycles. The molecule has 0 saturated carbocycles. The molecule has 0 aliphatic carbocycles. The summed E-state index contributed by atoms with van der Waals surface area (Å²) in [4.78, 5) is 19.4. The predicted molar refractivity (Wildman–Crippen MR) is 119 cm³/mol. The van der Waals surface area contributed by atoms with Crippen LogP contribution in [0.5, 0.6) is 11.5 Å². The molecule has 31 heavy (non-hydrogen) atoms. The molecular weight excluding hydrogens is 395 g/mol. The second-order valence-electron chi connectivity index (χ2n) is 6.81. The molecule has 1 aliphatic rings. The molecule has 156 valence electrons. The number of anilines is 1. The highest BCUT2D eigenvalue weighted by molar-refractivity contribution is 6.33. The third-order valence-electron chi connectivity index (χ3n) is 4.79. The molecule has 6 heteroatoms. The Morgan fingerprint density at radius 2 is 1.58 bits per heavy atom. The summed E-state index contributed by atoms with van der Waals surface area (Å²) < 4.78 is 24.1. The molecule has 0 spiro atoms. The van der Waals surface area contributed by atoms with E-state index in [4.69, 9.17) is 9.47 Å².